The van der Waals surface area contributed by atoms with Gasteiger partial charge in [0, 0.05) is 11.1 Å². The minimum Gasteiger partial charge on any atom is -0.325 e. The van der Waals surface area contributed by atoms with E-state index >= 15 is 0 Å². The Bertz CT molecular complexity index is 787. The number of hydrogen-bond acceptors (Lipinski definition) is 4. The van der Waals surface area contributed by atoms with Gasteiger partial charge in [0.05, 0.1) is 10.8 Å². The number of anilines is 1. The molecule has 1 amide bonds. The van der Waals surface area contributed by atoms with E-state index in [0.29, 0.717) is 0 Å². The van der Waals surface area contributed by atoms with E-state index < -0.39 is 0 Å². The number of amides is 1. The molecular formula is C17H15N3OS. The predicted octanol–water partition coefficient (Wildman–Crippen LogP) is 3.75. The van der Waals surface area contributed by atoms with Crippen LogP contribution in [0.25, 0.3) is 10.9 Å². The lowest BCUT2D eigenvalue weighted by Crippen LogP contribution is -2.22. The van der Waals surface area contributed by atoms with E-state index in [1.165, 1.54) is 18.1 Å². The zero-order valence-corrected chi connectivity index (χ0v) is 12.9. The second kappa shape index (κ2) is 6.58. The second-order valence-corrected chi connectivity index (χ2v) is 6.14. The van der Waals surface area contributed by atoms with Gasteiger partial charge < -0.3 is 5.32 Å². The van der Waals surface area contributed by atoms with Gasteiger partial charge in [0.1, 0.15) is 11.4 Å². The minimum absolute atomic E-state index is 0.0427. The number of fused-ring (bicyclic) bond motifs is 1. The molecule has 0 unspecified atom stereocenters. The zero-order chi connectivity index (χ0) is 15.4. The van der Waals surface area contributed by atoms with Crippen LogP contribution in [0, 0.1) is 0 Å². The van der Waals surface area contributed by atoms with Crippen LogP contribution < -0.4 is 5.32 Å². The summed E-state index contributed by atoms with van der Waals surface area (Å²) in [5, 5.41) is 4.44. The van der Waals surface area contributed by atoms with Crippen LogP contribution in [0.2, 0.25) is 0 Å². The Morgan fingerprint density at radius 1 is 1.05 bits per heavy atom. The molecule has 1 aromatic heterocycles. The summed E-state index contributed by atoms with van der Waals surface area (Å²) in [6.45, 7) is 1.87. The van der Waals surface area contributed by atoms with Crippen molar-refractivity contribution in [3.8, 4) is 0 Å². The summed E-state index contributed by atoms with van der Waals surface area (Å²) < 4.78 is 0. The van der Waals surface area contributed by atoms with Crippen molar-refractivity contribution in [2.45, 2.75) is 17.2 Å². The molecule has 0 bridgehead atoms. The Labute approximate surface area is 133 Å². The monoisotopic (exact) mass is 309 g/mol. The van der Waals surface area contributed by atoms with Gasteiger partial charge in [-0.3, -0.25) is 4.79 Å². The van der Waals surface area contributed by atoms with E-state index in [4.69, 9.17) is 0 Å². The van der Waals surface area contributed by atoms with Crippen molar-refractivity contribution in [1.82, 2.24) is 9.97 Å². The minimum atomic E-state index is -0.251. The van der Waals surface area contributed by atoms with Gasteiger partial charge >= 0.3 is 0 Å². The molecule has 0 radical (unpaired) electrons. The molecule has 1 N–H and O–H groups in total. The summed E-state index contributed by atoms with van der Waals surface area (Å²) >= 11 is 1.44. The summed E-state index contributed by atoms with van der Waals surface area (Å²) in [4.78, 5) is 20.8. The van der Waals surface area contributed by atoms with Crippen molar-refractivity contribution in [2.75, 3.05) is 5.32 Å². The first-order valence-corrected chi connectivity index (χ1v) is 7.84. The maximum Gasteiger partial charge on any atom is 0.237 e. The van der Waals surface area contributed by atoms with E-state index in [-0.39, 0.29) is 11.2 Å². The molecule has 22 heavy (non-hydrogen) atoms. The Kier molecular flexibility index (Phi) is 4.34. The first kappa shape index (κ1) is 14.5. The number of carbonyl (C=O) groups is 1. The number of benzene rings is 2. The molecule has 3 aromatic rings. The third kappa shape index (κ3) is 3.26. The van der Waals surface area contributed by atoms with Gasteiger partial charge in [-0.15, -0.1) is 0 Å². The maximum absolute atomic E-state index is 12.3. The third-order valence-corrected chi connectivity index (χ3v) is 4.32. The number of para-hydroxylation sites is 2. The SMILES string of the molecule is C[C@@H](Sc1ncnc2ccccc12)C(=O)Nc1ccccc1. The quantitative estimate of drug-likeness (QED) is 0.589. The molecule has 0 aliphatic rings. The van der Waals surface area contributed by atoms with Crippen LogP contribution in [0.4, 0.5) is 5.69 Å². The summed E-state index contributed by atoms with van der Waals surface area (Å²) in [7, 11) is 0. The highest BCUT2D eigenvalue weighted by molar-refractivity contribution is 8.00. The summed E-state index contributed by atoms with van der Waals surface area (Å²) in [5.74, 6) is -0.0427. The molecule has 3 rings (SSSR count). The van der Waals surface area contributed by atoms with Crippen molar-refractivity contribution in [3.05, 3.63) is 60.9 Å². The third-order valence-electron chi connectivity index (χ3n) is 3.21. The van der Waals surface area contributed by atoms with Crippen LogP contribution in [0.5, 0.6) is 0 Å². The normalized spacial score (nSPS) is 12.0. The highest BCUT2D eigenvalue weighted by atomic mass is 32.2. The number of aromatic nitrogens is 2. The van der Waals surface area contributed by atoms with Gasteiger partial charge in [-0.05, 0) is 25.1 Å². The molecule has 0 saturated carbocycles. The lowest BCUT2D eigenvalue weighted by atomic mass is 10.2. The fourth-order valence-corrected chi connectivity index (χ4v) is 2.97. The topological polar surface area (TPSA) is 54.9 Å². The van der Waals surface area contributed by atoms with Crippen molar-refractivity contribution in [1.29, 1.82) is 0 Å². The Morgan fingerprint density at radius 3 is 2.59 bits per heavy atom. The van der Waals surface area contributed by atoms with Gasteiger partial charge in [0.2, 0.25) is 5.91 Å². The molecule has 0 spiro atoms. The van der Waals surface area contributed by atoms with Crippen LogP contribution in [-0.2, 0) is 4.79 Å². The smallest absolute Gasteiger partial charge is 0.237 e. The molecule has 4 nitrogen and oxygen atoms in total. The zero-order valence-electron chi connectivity index (χ0n) is 12.1. The highest BCUT2D eigenvalue weighted by Gasteiger charge is 2.16. The Hall–Kier alpha value is -2.40. The second-order valence-electron chi connectivity index (χ2n) is 4.81. The Balaban J connectivity index is 1.75. The fraction of sp³-hybridized carbons (Fsp3) is 0.118. The van der Waals surface area contributed by atoms with Crippen LogP contribution in [0.1, 0.15) is 6.92 Å². The van der Waals surface area contributed by atoms with Crippen molar-refractivity contribution < 1.29 is 4.79 Å². The highest BCUT2D eigenvalue weighted by Crippen LogP contribution is 2.28. The summed E-state index contributed by atoms with van der Waals surface area (Å²) in [5.41, 5.74) is 1.68. The maximum atomic E-state index is 12.3. The molecule has 110 valence electrons. The molecule has 0 aliphatic carbocycles. The van der Waals surface area contributed by atoms with Crippen molar-refractivity contribution >= 4 is 34.3 Å². The molecule has 5 heteroatoms. The molecule has 1 atom stereocenters. The first-order valence-electron chi connectivity index (χ1n) is 6.96. The number of thioether (sulfide) groups is 1. The largest absolute Gasteiger partial charge is 0.325 e. The number of carbonyl (C=O) groups excluding carboxylic acids is 1. The van der Waals surface area contributed by atoms with Crippen LogP contribution >= 0.6 is 11.8 Å². The molecule has 0 fully saturated rings. The van der Waals surface area contributed by atoms with Gasteiger partial charge in [-0.25, -0.2) is 9.97 Å². The first-order chi connectivity index (χ1) is 10.7. The Morgan fingerprint density at radius 2 is 1.77 bits per heavy atom. The molecule has 1 heterocycles. The van der Waals surface area contributed by atoms with Crippen LogP contribution in [0.15, 0.2) is 66.0 Å². The standard InChI is InChI=1S/C17H15N3OS/c1-12(16(21)20-13-7-3-2-4-8-13)22-17-14-9-5-6-10-15(14)18-11-19-17/h2-12H,1H3,(H,20,21)/t12-/m1/s1. The molecule has 0 saturated heterocycles. The number of rotatable bonds is 4. The lowest BCUT2D eigenvalue weighted by Gasteiger charge is -2.12. The predicted molar refractivity (Wildman–Crippen MR) is 89.9 cm³/mol. The van der Waals surface area contributed by atoms with Gasteiger partial charge in [-0.1, -0.05) is 48.2 Å². The van der Waals surface area contributed by atoms with Gasteiger partial charge in [0.15, 0.2) is 0 Å². The van der Waals surface area contributed by atoms with Crippen molar-refractivity contribution in [3.63, 3.8) is 0 Å². The fourth-order valence-electron chi connectivity index (χ4n) is 2.06. The molecule has 0 aliphatic heterocycles. The average Bonchev–Trinajstić information content (AvgIpc) is 2.56. The van der Waals surface area contributed by atoms with Crippen molar-refractivity contribution in [2.24, 2.45) is 0 Å². The average molecular weight is 309 g/mol. The van der Waals surface area contributed by atoms with E-state index in [0.717, 1.165) is 21.6 Å². The van der Waals surface area contributed by atoms with E-state index in [2.05, 4.69) is 15.3 Å². The van der Waals surface area contributed by atoms with Crippen LogP contribution in [0.3, 0.4) is 0 Å². The summed E-state index contributed by atoms with van der Waals surface area (Å²) in [6.07, 6.45) is 1.53. The van der Waals surface area contributed by atoms with Gasteiger partial charge in [0.25, 0.3) is 0 Å². The van der Waals surface area contributed by atoms with E-state index in [1.54, 1.807) is 0 Å². The molecular weight excluding hydrogens is 294 g/mol. The van der Waals surface area contributed by atoms with Gasteiger partial charge in [-0.2, -0.15) is 0 Å². The number of nitrogens with zero attached hydrogens (tertiary/aromatic N) is 2. The lowest BCUT2D eigenvalue weighted by molar-refractivity contribution is -0.115. The number of nitrogens with one attached hydrogen (secondary N) is 1. The summed E-state index contributed by atoms with van der Waals surface area (Å²) in [6, 6.07) is 17.2. The number of hydrogen-bond donors (Lipinski definition) is 1. The molecule has 2 aromatic carbocycles. The van der Waals surface area contributed by atoms with E-state index in [9.17, 15) is 4.79 Å². The van der Waals surface area contributed by atoms with E-state index in [1.807, 2.05) is 61.5 Å². The van der Waals surface area contributed by atoms with Crippen LogP contribution in [-0.4, -0.2) is 21.1 Å².